The maximum Gasteiger partial charge on any atom is 0.405 e. The van der Waals surface area contributed by atoms with Gasteiger partial charge in [-0.2, -0.15) is 13.2 Å². The summed E-state index contributed by atoms with van der Waals surface area (Å²) in [6.45, 7) is -2.08. The third-order valence-corrected chi connectivity index (χ3v) is 2.25. The molecule has 1 aromatic heterocycles. The molecule has 0 saturated heterocycles. The van der Waals surface area contributed by atoms with Crippen LogP contribution in [0.2, 0.25) is 0 Å². The quantitative estimate of drug-likeness (QED) is 0.709. The van der Waals surface area contributed by atoms with Gasteiger partial charge in [0.15, 0.2) is 0 Å². The lowest BCUT2D eigenvalue weighted by molar-refractivity contribution is -0.120. The molecule has 0 spiro atoms. The number of pyridine rings is 1. The van der Waals surface area contributed by atoms with Crippen molar-refractivity contribution < 1.29 is 23.1 Å². The summed E-state index contributed by atoms with van der Waals surface area (Å²) >= 11 is 0. The molecular formula is C10H13F3N4O2. The van der Waals surface area contributed by atoms with E-state index in [2.05, 4.69) is 4.98 Å². The summed E-state index contributed by atoms with van der Waals surface area (Å²) in [6, 6.07) is 1.07. The molecule has 1 rings (SSSR count). The number of nitrogens with zero attached hydrogens (tertiary/aromatic N) is 2. The molecule has 0 saturated carbocycles. The first-order valence-electron chi connectivity index (χ1n) is 5.22. The van der Waals surface area contributed by atoms with Gasteiger partial charge in [-0.1, -0.05) is 0 Å². The molecular weight excluding hydrogens is 265 g/mol. The number of aliphatic hydroxyl groups is 1. The zero-order chi connectivity index (χ0) is 14.6. The highest BCUT2D eigenvalue weighted by Crippen LogP contribution is 2.22. The van der Waals surface area contributed by atoms with Crippen LogP contribution in [0.5, 0.6) is 0 Å². The average molecular weight is 278 g/mol. The lowest BCUT2D eigenvalue weighted by Crippen LogP contribution is -2.37. The average Bonchev–Trinajstić information content (AvgIpc) is 2.27. The fourth-order valence-corrected chi connectivity index (χ4v) is 1.45. The number of alkyl halides is 3. The van der Waals surface area contributed by atoms with Crippen LogP contribution in [-0.4, -0.2) is 41.9 Å². The molecule has 0 bridgehead atoms. The molecule has 0 aromatic carbocycles. The second-order valence-electron chi connectivity index (χ2n) is 3.75. The fraction of sp³-hybridized carbons (Fsp3) is 0.400. The van der Waals surface area contributed by atoms with Gasteiger partial charge in [-0.05, 0) is 6.07 Å². The van der Waals surface area contributed by atoms with Crippen molar-refractivity contribution in [2.24, 2.45) is 5.73 Å². The number of rotatable bonds is 5. The number of hydrogen-bond acceptors (Lipinski definition) is 5. The first-order chi connectivity index (χ1) is 8.74. The van der Waals surface area contributed by atoms with Crippen LogP contribution < -0.4 is 16.4 Å². The lowest BCUT2D eigenvalue weighted by Gasteiger charge is -2.24. The molecule has 0 atom stereocenters. The Labute approximate surface area is 106 Å². The topological polar surface area (TPSA) is 105 Å². The van der Waals surface area contributed by atoms with Crippen molar-refractivity contribution >= 4 is 17.4 Å². The van der Waals surface area contributed by atoms with Crippen LogP contribution in [0.25, 0.3) is 0 Å². The highest BCUT2D eigenvalue weighted by Gasteiger charge is 2.31. The Morgan fingerprint density at radius 3 is 2.58 bits per heavy atom. The predicted octanol–water partition coefficient (Wildman–Crippen LogP) is 0.124. The van der Waals surface area contributed by atoms with Gasteiger partial charge >= 0.3 is 6.18 Å². The summed E-state index contributed by atoms with van der Waals surface area (Å²) in [6.07, 6.45) is -3.42. The summed E-state index contributed by atoms with van der Waals surface area (Å²) in [5, 5.41) is 8.77. The number of nitrogen functional groups attached to an aromatic ring is 1. The number of aromatic nitrogens is 1. The summed E-state index contributed by atoms with van der Waals surface area (Å²) in [4.78, 5) is 15.6. The number of aliphatic hydroxyl groups excluding tert-OH is 1. The number of nitrogens with two attached hydrogens (primary N) is 2. The third kappa shape index (κ3) is 4.28. The van der Waals surface area contributed by atoms with Gasteiger partial charge in [-0.3, -0.25) is 4.79 Å². The molecule has 9 heteroatoms. The van der Waals surface area contributed by atoms with Gasteiger partial charge in [-0.25, -0.2) is 4.98 Å². The van der Waals surface area contributed by atoms with E-state index >= 15 is 0 Å². The SMILES string of the molecule is NC(=O)c1cc(N(CCO)CC(F)(F)F)ncc1N. The summed E-state index contributed by atoms with van der Waals surface area (Å²) in [5.41, 5.74) is 10.3. The largest absolute Gasteiger partial charge is 0.405 e. The standard InChI is InChI=1S/C10H13F3N4O2/c11-10(12,13)5-17(1-2-18)8-3-6(9(15)19)7(14)4-16-8/h3-4,18H,1-2,5,14H2,(H2,15,19). The van der Waals surface area contributed by atoms with E-state index < -0.39 is 25.2 Å². The molecule has 6 nitrogen and oxygen atoms in total. The zero-order valence-electron chi connectivity index (χ0n) is 9.81. The van der Waals surface area contributed by atoms with Crippen LogP contribution in [0.1, 0.15) is 10.4 Å². The highest BCUT2D eigenvalue weighted by atomic mass is 19.4. The Balaban J connectivity index is 3.09. The molecule has 0 aliphatic rings. The number of halogens is 3. The number of carbonyl (C=O) groups is 1. The second kappa shape index (κ2) is 5.74. The minimum absolute atomic E-state index is 0.0211. The van der Waals surface area contributed by atoms with Crippen molar-refractivity contribution in [1.82, 2.24) is 4.98 Å². The van der Waals surface area contributed by atoms with E-state index in [0.29, 0.717) is 0 Å². The molecule has 0 aliphatic heterocycles. The normalized spacial score (nSPS) is 11.4. The maximum absolute atomic E-state index is 12.4. The zero-order valence-corrected chi connectivity index (χ0v) is 9.81. The van der Waals surface area contributed by atoms with Gasteiger partial charge in [0.2, 0.25) is 0 Å². The van der Waals surface area contributed by atoms with Gasteiger partial charge < -0.3 is 21.5 Å². The van der Waals surface area contributed by atoms with Gasteiger partial charge in [-0.15, -0.1) is 0 Å². The van der Waals surface area contributed by atoms with Crippen molar-refractivity contribution in [3.05, 3.63) is 17.8 Å². The molecule has 0 radical (unpaired) electrons. The van der Waals surface area contributed by atoms with Crippen LogP contribution in [0.15, 0.2) is 12.3 Å². The van der Waals surface area contributed by atoms with E-state index in [-0.39, 0.29) is 23.6 Å². The lowest BCUT2D eigenvalue weighted by atomic mass is 10.2. The molecule has 19 heavy (non-hydrogen) atoms. The van der Waals surface area contributed by atoms with Gasteiger partial charge in [0, 0.05) is 6.54 Å². The van der Waals surface area contributed by atoms with E-state index in [9.17, 15) is 18.0 Å². The van der Waals surface area contributed by atoms with Crippen LogP contribution in [0.4, 0.5) is 24.7 Å². The summed E-state index contributed by atoms with van der Waals surface area (Å²) < 4.78 is 37.2. The van der Waals surface area contributed by atoms with Crippen molar-refractivity contribution in [1.29, 1.82) is 0 Å². The first-order valence-corrected chi connectivity index (χ1v) is 5.22. The monoisotopic (exact) mass is 278 g/mol. The Morgan fingerprint density at radius 1 is 1.47 bits per heavy atom. The molecule has 1 aromatic rings. The van der Waals surface area contributed by atoms with Crippen LogP contribution in [0, 0.1) is 0 Å². The fourth-order valence-electron chi connectivity index (χ4n) is 1.45. The van der Waals surface area contributed by atoms with Gasteiger partial charge in [0.05, 0.1) is 24.1 Å². The van der Waals surface area contributed by atoms with Crippen LogP contribution in [0.3, 0.4) is 0 Å². The third-order valence-electron chi connectivity index (χ3n) is 2.25. The minimum Gasteiger partial charge on any atom is -0.397 e. The summed E-state index contributed by atoms with van der Waals surface area (Å²) in [5.74, 6) is -0.994. The number of amides is 1. The Hall–Kier alpha value is -2.03. The molecule has 0 unspecified atom stereocenters. The molecule has 0 aliphatic carbocycles. The van der Waals surface area contributed by atoms with Crippen LogP contribution >= 0.6 is 0 Å². The number of carbonyl (C=O) groups excluding carboxylic acids is 1. The molecule has 106 valence electrons. The Kier molecular flexibility index (Phi) is 4.54. The van der Waals surface area contributed by atoms with Crippen molar-refractivity contribution in [3.8, 4) is 0 Å². The van der Waals surface area contributed by atoms with Gasteiger partial charge in [0.25, 0.3) is 5.91 Å². The van der Waals surface area contributed by atoms with Crippen molar-refractivity contribution in [2.45, 2.75) is 6.18 Å². The smallest absolute Gasteiger partial charge is 0.397 e. The molecule has 5 N–H and O–H groups in total. The molecule has 0 fully saturated rings. The molecule has 1 amide bonds. The summed E-state index contributed by atoms with van der Waals surface area (Å²) in [7, 11) is 0. The maximum atomic E-state index is 12.4. The van der Waals surface area contributed by atoms with Gasteiger partial charge in [0.1, 0.15) is 12.4 Å². The van der Waals surface area contributed by atoms with Crippen molar-refractivity contribution in [3.63, 3.8) is 0 Å². The van der Waals surface area contributed by atoms with Crippen molar-refractivity contribution in [2.75, 3.05) is 30.3 Å². The first kappa shape index (κ1) is 15.0. The van der Waals surface area contributed by atoms with E-state index in [1.807, 2.05) is 0 Å². The number of anilines is 2. The Morgan fingerprint density at radius 2 is 2.11 bits per heavy atom. The number of hydrogen-bond donors (Lipinski definition) is 3. The predicted molar refractivity (Wildman–Crippen MR) is 62.5 cm³/mol. The molecule has 1 heterocycles. The van der Waals surface area contributed by atoms with E-state index in [1.165, 1.54) is 0 Å². The van der Waals surface area contributed by atoms with Crippen LogP contribution in [-0.2, 0) is 0 Å². The highest BCUT2D eigenvalue weighted by molar-refractivity contribution is 5.98. The van der Waals surface area contributed by atoms with E-state index in [1.54, 1.807) is 0 Å². The Bertz CT molecular complexity index is 465. The number of primary amides is 1. The second-order valence-corrected chi connectivity index (χ2v) is 3.75. The van der Waals surface area contributed by atoms with E-state index in [4.69, 9.17) is 16.6 Å². The minimum atomic E-state index is -4.47. The van der Waals surface area contributed by atoms with E-state index in [0.717, 1.165) is 17.2 Å².